The fourth-order valence-corrected chi connectivity index (χ4v) is 4.36. The minimum absolute atomic E-state index is 0. The molecule has 0 heterocycles. The van der Waals surface area contributed by atoms with E-state index in [0.29, 0.717) is 11.6 Å². The van der Waals surface area contributed by atoms with E-state index < -0.39 is 0 Å². The first kappa shape index (κ1) is 79.7. The molecule has 4 aliphatic carbocycles. The van der Waals surface area contributed by atoms with Gasteiger partial charge >= 0.3 is 23.1 Å². The molecule has 0 aromatic heterocycles. The molecule has 4 rings (SSSR count). The summed E-state index contributed by atoms with van der Waals surface area (Å²) in [6.07, 6.45) is 20.7. The number of carbonyl (C=O) groups excluding carboxylic acids is 2. The predicted molar refractivity (Wildman–Crippen MR) is 212 cm³/mol. The first-order valence-electron chi connectivity index (χ1n) is 14.5. The number of allylic oxidation sites excluding steroid dienone is 4. The molecule has 2 fully saturated rings. The molecule has 0 aromatic rings. The van der Waals surface area contributed by atoms with Crippen molar-refractivity contribution in [3.63, 3.8) is 0 Å². The molecule has 8 N–H and O–H groups in total. The van der Waals surface area contributed by atoms with Crippen molar-refractivity contribution in [1.82, 2.24) is 0 Å². The van der Waals surface area contributed by atoms with E-state index in [4.69, 9.17) is 0 Å². The molecule has 45 heavy (non-hydrogen) atoms. The molecule has 2 unspecified atom stereocenters. The maximum atomic E-state index is 10.6. The Balaban J connectivity index is -0.0000000232. The van der Waals surface area contributed by atoms with Gasteiger partial charge in [-0.05, 0) is 102 Å². The standard InChI is InChI=1S/2C8H14.2C7H12O.C2H6.6CH4.Mg.4H2O.2H/c2*1-7-3-5-8(2)6-4-7;2*1-6-2-4-7(8)5-3-6;1-2;;;;;;;;;;;;;/h2*3,8H,4-6H2,1-2H3;2*6H,2-5H2,1H3;1-2H3;6*1H4;;4*1H2;;/q;;;;;;;;;;;+2;;;;;2*-1. The Morgan fingerprint density at radius 1 is 0.489 bits per heavy atom. The third-order valence-corrected chi connectivity index (χ3v) is 7.46. The molecule has 0 saturated heterocycles. The zero-order valence-electron chi connectivity index (χ0n) is 28.9. The Kier molecular flexibility index (Phi) is 89.0. The van der Waals surface area contributed by atoms with Crippen molar-refractivity contribution in [2.45, 2.75) is 190 Å². The van der Waals surface area contributed by atoms with Crippen LogP contribution < -0.4 is 0 Å². The van der Waals surface area contributed by atoms with Gasteiger partial charge in [-0.1, -0.05) is 109 Å². The number of ketones is 2. The van der Waals surface area contributed by atoms with E-state index in [1.54, 1.807) is 11.1 Å². The normalized spacial score (nSPS) is 19.2. The fraction of sp³-hybridized carbons (Fsp3) is 0.842. The van der Waals surface area contributed by atoms with Crippen molar-refractivity contribution in [1.29, 1.82) is 0 Å². The van der Waals surface area contributed by atoms with Crippen LogP contribution in [-0.2, 0) is 20.5 Å². The van der Waals surface area contributed by atoms with Gasteiger partial charge in [-0.3, -0.25) is 9.59 Å². The molecule has 0 amide bonds. The van der Waals surface area contributed by atoms with Crippen LogP contribution in [0.2, 0.25) is 0 Å². The van der Waals surface area contributed by atoms with Gasteiger partial charge in [-0.25, -0.2) is 0 Å². The SMILES string of the molecule is C.C.C.C.C.C.CC.CC1=CCC(C)CC1.CC1=CCC(C)CC1.CC1CCC(=O)CC1.CC1CCC(=O)CC1.[H-].[H-].[Mg+2].[OH-].[OH-].[OH3+].[OH3+]. The zero-order chi connectivity index (χ0) is 25.9. The van der Waals surface area contributed by atoms with E-state index in [0.717, 1.165) is 75.0 Å². The molecule has 6 nitrogen and oxygen atoms in total. The van der Waals surface area contributed by atoms with Gasteiger partial charge < -0.3 is 24.8 Å². The van der Waals surface area contributed by atoms with Crippen LogP contribution in [0.25, 0.3) is 0 Å². The summed E-state index contributed by atoms with van der Waals surface area (Å²) in [6, 6.07) is 0. The second-order valence-electron chi connectivity index (χ2n) is 11.3. The van der Waals surface area contributed by atoms with Gasteiger partial charge in [-0.15, -0.1) is 0 Å². The van der Waals surface area contributed by atoms with Crippen LogP contribution >= 0.6 is 0 Å². The molecular weight excluding hydrogens is 577 g/mol. The third kappa shape index (κ3) is 47.9. The molecule has 0 bridgehead atoms. The summed E-state index contributed by atoms with van der Waals surface area (Å²) in [4.78, 5) is 21.2. The van der Waals surface area contributed by atoms with Crippen LogP contribution in [0.3, 0.4) is 0 Å². The minimum Gasteiger partial charge on any atom is -1.00 e. The fourth-order valence-electron chi connectivity index (χ4n) is 4.36. The number of hydrogen-bond donors (Lipinski definition) is 0. The Morgan fingerprint density at radius 3 is 0.822 bits per heavy atom. The van der Waals surface area contributed by atoms with Gasteiger partial charge in [0.25, 0.3) is 0 Å². The summed E-state index contributed by atoms with van der Waals surface area (Å²) in [7, 11) is 0. The average molecular weight is 669 g/mol. The van der Waals surface area contributed by atoms with Gasteiger partial charge in [-0.2, -0.15) is 0 Å². The van der Waals surface area contributed by atoms with Crippen LogP contribution in [0.15, 0.2) is 23.3 Å². The van der Waals surface area contributed by atoms with Gasteiger partial charge in [0.15, 0.2) is 0 Å². The largest absolute Gasteiger partial charge is 2.00 e. The van der Waals surface area contributed by atoms with Gasteiger partial charge in [0, 0.05) is 25.7 Å². The summed E-state index contributed by atoms with van der Waals surface area (Å²) in [5, 5.41) is 0. The van der Waals surface area contributed by atoms with Crippen molar-refractivity contribution in [2.75, 3.05) is 0 Å². The molecule has 0 aliphatic heterocycles. The number of hydrogen-bond acceptors (Lipinski definition) is 4. The van der Waals surface area contributed by atoms with Gasteiger partial charge in [0.1, 0.15) is 11.6 Å². The molecule has 2 atom stereocenters. The van der Waals surface area contributed by atoms with E-state index in [1.165, 1.54) is 38.5 Å². The van der Waals surface area contributed by atoms with Crippen molar-refractivity contribution >= 4 is 34.6 Å². The molecule has 0 aromatic carbocycles. The topological polar surface area (TPSA) is 160 Å². The summed E-state index contributed by atoms with van der Waals surface area (Å²) in [6.45, 7) is 17.5. The van der Waals surface area contributed by atoms with Crippen LogP contribution in [0.4, 0.5) is 0 Å². The molecule has 7 heteroatoms. The average Bonchev–Trinajstić information content (AvgIpc) is 2.84. The van der Waals surface area contributed by atoms with Gasteiger partial charge in [0.05, 0.1) is 0 Å². The Bertz CT molecular complexity index is 572. The first-order chi connectivity index (χ1) is 16.2. The molecule has 2 saturated carbocycles. The Hall–Kier alpha value is -0.574. The van der Waals surface area contributed by atoms with Crippen molar-refractivity contribution < 1.29 is 34.3 Å². The van der Waals surface area contributed by atoms with Crippen molar-refractivity contribution in [3.8, 4) is 0 Å². The van der Waals surface area contributed by atoms with E-state index >= 15 is 0 Å². The third-order valence-electron chi connectivity index (χ3n) is 7.46. The summed E-state index contributed by atoms with van der Waals surface area (Å²) in [5.74, 6) is 4.41. The Morgan fingerprint density at radius 2 is 0.689 bits per heavy atom. The maximum Gasteiger partial charge on any atom is 2.00 e. The second kappa shape index (κ2) is 50.3. The summed E-state index contributed by atoms with van der Waals surface area (Å²) in [5.41, 5.74) is 3.17. The summed E-state index contributed by atoms with van der Waals surface area (Å²) < 4.78 is 0. The predicted octanol–water partition coefficient (Wildman–Crippen LogP) is 11.5. The molecular formula is C38H92MgO6. The zero-order valence-corrected chi connectivity index (χ0v) is 28.4. The number of rotatable bonds is 0. The molecule has 0 radical (unpaired) electrons. The van der Waals surface area contributed by atoms with E-state index in [-0.39, 0.29) is 92.4 Å². The quantitative estimate of drug-likeness (QED) is 0.143. The van der Waals surface area contributed by atoms with Gasteiger partial charge in [0.2, 0.25) is 0 Å². The summed E-state index contributed by atoms with van der Waals surface area (Å²) >= 11 is 0. The smallest absolute Gasteiger partial charge is 1.00 e. The molecule has 282 valence electrons. The first-order valence-corrected chi connectivity index (χ1v) is 14.5. The molecule has 4 aliphatic rings. The van der Waals surface area contributed by atoms with Crippen molar-refractivity contribution in [3.05, 3.63) is 23.3 Å². The van der Waals surface area contributed by atoms with Crippen LogP contribution in [0.5, 0.6) is 0 Å². The number of carbonyl (C=O) groups is 2. The second-order valence-corrected chi connectivity index (χ2v) is 11.3. The van der Waals surface area contributed by atoms with Crippen molar-refractivity contribution in [2.24, 2.45) is 23.7 Å². The van der Waals surface area contributed by atoms with E-state index in [9.17, 15) is 9.59 Å². The van der Waals surface area contributed by atoms with Crippen LogP contribution in [0.1, 0.15) is 193 Å². The maximum absolute atomic E-state index is 10.6. The van der Waals surface area contributed by atoms with E-state index in [1.807, 2.05) is 13.8 Å². The van der Waals surface area contributed by atoms with Crippen LogP contribution in [-0.4, -0.2) is 45.6 Å². The number of Topliss-reactive ketones (excluding diaryl/α,β-unsaturated/α-hetero) is 2. The molecule has 0 spiro atoms. The monoisotopic (exact) mass is 669 g/mol. The van der Waals surface area contributed by atoms with E-state index in [2.05, 4.69) is 53.7 Å². The Labute approximate surface area is 304 Å². The minimum atomic E-state index is 0. The van der Waals surface area contributed by atoms with Crippen LogP contribution in [0, 0.1) is 23.7 Å².